The molecule has 3 rings (SSSR count). The minimum Gasteiger partial charge on any atom is -0.459 e. The molecule has 146 valence electrons. The third kappa shape index (κ3) is 4.99. The van der Waals surface area contributed by atoms with E-state index < -0.39 is 6.04 Å². The Labute approximate surface area is 163 Å². The van der Waals surface area contributed by atoms with Gasteiger partial charge in [-0.3, -0.25) is 14.5 Å². The lowest BCUT2D eigenvalue weighted by atomic mass is 10.0. The Bertz CT molecular complexity index is 722. The average molecular weight is 390 g/mol. The standard InChI is InChI=1S/C20H27N3O3S/c1-14(2)18(22-19(24)16-7-5-11-26-16)20(25)21-13-15(17-8-6-12-27-17)23-9-3-4-10-23/h5-8,11-12,14-15,18H,3-4,9-10,13H2,1-2H3,(H,21,25)(H,22,24). The van der Waals surface area contributed by atoms with E-state index in [0.717, 1.165) is 13.1 Å². The van der Waals surface area contributed by atoms with Gasteiger partial charge in [-0.15, -0.1) is 11.3 Å². The van der Waals surface area contributed by atoms with Crippen LogP contribution in [0.3, 0.4) is 0 Å². The van der Waals surface area contributed by atoms with Crippen molar-refractivity contribution in [1.29, 1.82) is 0 Å². The first-order chi connectivity index (χ1) is 13.1. The number of furan rings is 1. The molecule has 2 N–H and O–H groups in total. The second kappa shape index (κ2) is 9.19. The van der Waals surface area contributed by atoms with Crippen LogP contribution in [0.4, 0.5) is 0 Å². The highest BCUT2D eigenvalue weighted by atomic mass is 32.1. The molecule has 0 aromatic carbocycles. The summed E-state index contributed by atoms with van der Waals surface area (Å²) in [5.74, 6) is -0.355. The van der Waals surface area contributed by atoms with Gasteiger partial charge < -0.3 is 15.1 Å². The van der Waals surface area contributed by atoms with Crippen LogP contribution in [0.25, 0.3) is 0 Å². The van der Waals surface area contributed by atoms with E-state index in [1.807, 2.05) is 19.9 Å². The van der Waals surface area contributed by atoms with Gasteiger partial charge in [-0.25, -0.2) is 0 Å². The Kier molecular flexibility index (Phi) is 6.68. The highest BCUT2D eigenvalue weighted by Crippen LogP contribution is 2.27. The summed E-state index contributed by atoms with van der Waals surface area (Å²) in [5.41, 5.74) is 0. The number of hydrogen-bond acceptors (Lipinski definition) is 5. The number of likely N-dealkylation sites (tertiary alicyclic amines) is 1. The van der Waals surface area contributed by atoms with Crippen LogP contribution in [0.5, 0.6) is 0 Å². The molecule has 1 saturated heterocycles. The van der Waals surface area contributed by atoms with E-state index in [1.54, 1.807) is 23.5 Å². The molecule has 0 radical (unpaired) electrons. The molecule has 2 aromatic heterocycles. The van der Waals surface area contributed by atoms with Crippen molar-refractivity contribution in [2.75, 3.05) is 19.6 Å². The third-order valence-corrected chi connectivity index (χ3v) is 5.88. The normalized spacial score (nSPS) is 17.0. The van der Waals surface area contributed by atoms with Gasteiger partial charge in [-0.1, -0.05) is 19.9 Å². The van der Waals surface area contributed by atoms with Crippen molar-refractivity contribution in [3.8, 4) is 0 Å². The van der Waals surface area contributed by atoms with Gasteiger partial charge in [0.1, 0.15) is 6.04 Å². The molecule has 1 aliphatic rings. The molecular weight excluding hydrogens is 362 g/mol. The average Bonchev–Trinajstić information content (AvgIpc) is 3.42. The van der Waals surface area contributed by atoms with Crippen molar-refractivity contribution >= 4 is 23.2 Å². The maximum absolute atomic E-state index is 12.8. The maximum Gasteiger partial charge on any atom is 0.287 e. The second-order valence-electron chi connectivity index (χ2n) is 7.19. The number of rotatable bonds is 8. The van der Waals surface area contributed by atoms with Crippen LogP contribution in [-0.2, 0) is 4.79 Å². The topological polar surface area (TPSA) is 74.6 Å². The van der Waals surface area contributed by atoms with Crippen molar-refractivity contribution in [3.63, 3.8) is 0 Å². The second-order valence-corrected chi connectivity index (χ2v) is 8.17. The summed E-state index contributed by atoms with van der Waals surface area (Å²) in [6.45, 7) is 6.50. The van der Waals surface area contributed by atoms with Gasteiger partial charge in [0.25, 0.3) is 5.91 Å². The van der Waals surface area contributed by atoms with Crippen molar-refractivity contribution in [2.24, 2.45) is 5.92 Å². The molecule has 1 fully saturated rings. The van der Waals surface area contributed by atoms with Crippen molar-refractivity contribution in [3.05, 3.63) is 46.5 Å². The molecule has 2 unspecified atom stereocenters. The molecule has 2 atom stereocenters. The van der Waals surface area contributed by atoms with E-state index in [2.05, 4.69) is 27.0 Å². The maximum atomic E-state index is 12.8. The van der Waals surface area contributed by atoms with E-state index >= 15 is 0 Å². The minimum atomic E-state index is -0.606. The van der Waals surface area contributed by atoms with E-state index in [0.29, 0.717) is 6.54 Å². The van der Waals surface area contributed by atoms with Gasteiger partial charge in [0.15, 0.2) is 5.76 Å². The van der Waals surface area contributed by atoms with Gasteiger partial charge in [0.2, 0.25) is 5.91 Å². The van der Waals surface area contributed by atoms with Crippen molar-refractivity contribution < 1.29 is 14.0 Å². The molecule has 6 nitrogen and oxygen atoms in total. The summed E-state index contributed by atoms with van der Waals surface area (Å²) in [6.07, 6.45) is 3.84. The highest BCUT2D eigenvalue weighted by molar-refractivity contribution is 7.10. The van der Waals surface area contributed by atoms with Crippen LogP contribution in [0.15, 0.2) is 40.3 Å². The van der Waals surface area contributed by atoms with Crippen LogP contribution >= 0.6 is 11.3 Å². The highest BCUT2D eigenvalue weighted by Gasteiger charge is 2.28. The number of nitrogens with one attached hydrogen (secondary N) is 2. The largest absolute Gasteiger partial charge is 0.459 e. The van der Waals surface area contributed by atoms with Gasteiger partial charge in [0, 0.05) is 11.4 Å². The third-order valence-electron chi connectivity index (χ3n) is 4.90. The molecular formula is C20H27N3O3S. The Hall–Kier alpha value is -2.12. The number of thiophene rings is 1. The predicted molar refractivity (Wildman–Crippen MR) is 106 cm³/mol. The number of carbonyl (C=O) groups is 2. The lowest BCUT2D eigenvalue weighted by molar-refractivity contribution is -0.124. The Morgan fingerprint density at radius 2 is 2.00 bits per heavy atom. The summed E-state index contributed by atoms with van der Waals surface area (Å²) in [4.78, 5) is 28.8. The molecule has 2 aromatic rings. The lowest BCUT2D eigenvalue weighted by Crippen LogP contribution is -2.51. The SMILES string of the molecule is CC(C)C(NC(=O)c1ccco1)C(=O)NCC(c1cccs1)N1CCCC1. The summed E-state index contributed by atoms with van der Waals surface area (Å²) < 4.78 is 5.12. The number of hydrogen-bond donors (Lipinski definition) is 2. The van der Waals surface area contributed by atoms with Gasteiger partial charge in [-0.05, 0) is 55.4 Å². The number of amides is 2. The zero-order valence-corrected chi connectivity index (χ0v) is 16.6. The van der Waals surface area contributed by atoms with Crippen LogP contribution in [0.2, 0.25) is 0 Å². The summed E-state index contributed by atoms with van der Waals surface area (Å²) >= 11 is 1.72. The fraction of sp³-hybridized carbons (Fsp3) is 0.500. The van der Waals surface area contributed by atoms with Crippen LogP contribution in [-0.4, -0.2) is 42.4 Å². The summed E-state index contributed by atoms with van der Waals surface area (Å²) in [6, 6.07) is 6.99. The molecule has 0 saturated carbocycles. The number of carbonyl (C=O) groups excluding carboxylic acids is 2. The van der Waals surface area contributed by atoms with E-state index in [-0.39, 0.29) is 29.5 Å². The van der Waals surface area contributed by atoms with Crippen LogP contribution in [0.1, 0.15) is 48.2 Å². The van der Waals surface area contributed by atoms with Gasteiger partial charge in [-0.2, -0.15) is 0 Å². The van der Waals surface area contributed by atoms with Gasteiger partial charge in [0.05, 0.1) is 12.3 Å². The zero-order chi connectivity index (χ0) is 19.2. The first kappa shape index (κ1) is 19.6. The quantitative estimate of drug-likeness (QED) is 0.728. The van der Waals surface area contributed by atoms with E-state index in [1.165, 1.54) is 24.0 Å². The first-order valence-electron chi connectivity index (χ1n) is 9.46. The smallest absolute Gasteiger partial charge is 0.287 e. The summed E-state index contributed by atoms with van der Waals surface area (Å²) in [7, 11) is 0. The minimum absolute atomic E-state index is 0.0316. The van der Waals surface area contributed by atoms with Crippen molar-refractivity contribution in [2.45, 2.75) is 38.8 Å². The molecule has 0 bridgehead atoms. The van der Waals surface area contributed by atoms with Crippen LogP contribution in [0, 0.1) is 5.92 Å². The fourth-order valence-corrected chi connectivity index (χ4v) is 4.27. The Morgan fingerprint density at radius 1 is 1.22 bits per heavy atom. The Balaban J connectivity index is 1.63. The molecule has 27 heavy (non-hydrogen) atoms. The zero-order valence-electron chi connectivity index (χ0n) is 15.8. The van der Waals surface area contributed by atoms with E-state index in [9.17, 15) is 9.59 Å². The van der Waals surface area contributed by atoms with Gasteiger partial charge >= 0.3 is 0 Å². The summed E-state index contributed by atoms with van der Waals surface area (Å²) in [5, 5.41) is 7.92. The molecule has 0 aliphatic carbocycles. The molecule has 0 spiro atoms. The molecule has 7 heteroatoms. The first-order valence-corrected chi connectivity index (χ1v) is 10.3. The molecule has 2 amide bonds. The monoisotopic (exact) mass is 389 g/mol. The molecule has 1 aliphatic heterocycles. The fourth-order valence-electron chi connectivity index (χ4n) is 3.41. The molecule has 3 heterocycles. The Morgan fingerprint density at radius 3 is 2.59 bits per heavy atom. The van der Waals surface area contributed by atoms with E-state index in [4.69, 9.17) is 4.42 Å². The number of nitrogens with zero attached hydrogens (tertiary/aromatic N) is 1. The van der Waals surface area contributed by atoms with Crippen molar-refractivity contribution in [1.82, 2.24) is 15.5 Å². The van der Waals surface area contributed by atoms with Crippen LogP contribution < -0.4 is 10.6 Å². The lowest BCUT2D eigenvalue weighted by Gasteiger charge is -2.28. The predicted octanol–water partition coefficient (Wildman–Crippen LogP) is 3.05.